The van der Waals surface area contributed by atoms with Crippen LogP contribution < -0.4 is 5.32 Å². The van der Waals surface area contributed by atoms with Gasteiger partial charge in [0, 0.05) is 29.9 Å². The van der Waals surface area contributed by atoms with Gasteiger partial charge in [0.15, 0.2) is 0 Å². The molecule has 0 amide bonds. The number of nitrogens with zero attached hydrogens (tertiary/aromatic N) is 5. The number of aromatic nitrogens is 6. The van der Waals surface area contributed by atoms with Gasteiger partial charge in [0.2, 0.25) is 5.95 Å². The number of rotatable bonds is 5. The van der Waals surface area contributed by atoms with Crippen LogP contribution in [0.5, 0.6) is 0 Å². The molecule has 1 saturated carbocycles. The standard InChI is InChI=1S/C19H20FN7/c1-2-27-16-8-12(4-5-15(16)25-26-27)13-9-21-17-14(13)10-22-18(24-17)23-11-19(20)6-3-7-19/h4-5,8-10H,2-3,6-7,11H2,1H3,(H2,21,22,23,24). The zero-order valence-corrected chi connectivity index (χ0v) is 15.0. The first-order chi connectivity index (χ1) is 13.1. The molecule has 1 fully saturated rings. The van der Waals surface area contributed by atoms with Crippen molar-refractivity contribution >= 4 is 28.0 Å². The third-order valence-electron chi connectivity index (χ3n) is 5.37. The summed E-state index contributed by atoms with van der Waals surface area (Å²) in [6, 6.07) is 6.07. The van der Waals surface area contributed by atoms with E-state index >= 15 is 0 Å². The molecule has 1 aliphatic carbocycles. The lowest BCUT2D eigenvalue weighted by atomic mass is 9.82. The fraction of sp³-hybridized carbons (Fsp3) is 0.368. The van der Waals surface area contributed by atoms with Gasteiger partial charge in [-0.25, -0.2) is 14.1 Å². The Morgan fingerprint density at radius 3 is 3.00 bits per heavy atom. The lowest BCUT2D eigenvalue weighted by Crippen LogP contribution is -2.39. The van der Waals surface area contributed by atoms with Gasteiger partial charge in [-0.2, -0.15) is 4.98 Å². The summed E-state index contributed by atoms with van der Waals surface area (Å²) in [7, 11) is 0. The summed E-state index contributed by atoms with van der Waals surface area (Å²) in [5.41, 5.74) is 3.56. The maximum absolute atomic E-state index is 14.2. The second-order valence-electron chi connectivity index (χ2n) is 7.12. The first-order valence-electron chi connectivity index (χ1n) is 9.26. The third-order valence-corrected chi connectivity index (χ3v) is 5.37. The molecule has 7 nitrogen and oxygen atoms in total. The molecule has 0 aliphatic heterocycles. The lowest BCUT2D eigenvalue weighted by Gasteiger charge is -2.33. The van der Waals surface area contributed by atoms with Crippen LogP contribution in [0.15, 0.2) is 30.6 Å². The van der Waals surface area contributed by atoms with Gasteiger partial charge < -0.3 is 10.3 Å². The summed E-state index contributed by atoms with van der Waals surface area (Å²) < 4.78 is 16.0. The van der Waals surface area contributed by atoms with Crippen molar-refractivity contribution in [2.45, 2.75) is 38.4 Å². The third kappa shape index (κ3) is 2.72. The van der Waals surface area contributed by atoms with E-state index in [1.807, 2.05) is 29.9 Å². The van der Waals surface area contributed by atoms with E-state index in [1.165, 1.54) is 0 Å². The number of benzene rings is 1. The molecule has 27 heavy (non-hydrogen) atoms. The summed E-state index contributed by atoms with van der Waals surface area (Å²) in [4.78, 5) is 12.1. The van der Waals surface area contributed by atoms with E-state index < -0.39 is 5.67 Å². The smallest absolute Gasteiger partial charge is 0.224 e. The molecule has 5 rings (SSSR count). The molecule has 0 bridgehead atoms. The highest BCUT2D eigenvalue weighted by Crippen LogP contribution is 2.35. The van der Waals surface area contributed by atoms with Gasteiger partial charge in [-0.1, -0.05) is 11.3 Å². The van der Waals surface area contributed by atoms with E-state index in [0.29, 0.717) is 18.8 Å². The summed E-state index contributed by atoms with van der Waals surface area (Å²) in [6.07, 6.45) is 5.88. The van der Waals surface area contributed by atoms with Crippen LogP contribution in [0.3, 0.4) is 0 Å². The van der Waals surface area contributed by atoms with Gasteiger partial charge in [0.05, 0.1) is 12.1 Å². The number of hydrogen-bond acceptors (Lipinski definition) is 5. The monoisotopic (exact) mass is 365 g/mol. The predicted octanol–water partition coefficient (Wildman–Crippen LogP) is 3.69. The SMILES string of the molecule is CCn1nnc2ccc(-c3c[nH]c4nc(NCC5(F)CCC5)ncc34)cc21. The average Bonchev–Trinajstić information content (AvgIpc) is 3.27. The van der Waals surface area contributed by atoms with Crippen molar-refractivity contribution in [3.8, 4) is 11.1 Å². The van der Waals surface area contributed by atoms with Gasteiger partial charge in [-0.3, -0.25) is 0 Å². The van der Waals surface area contributed by atoms with Crippen molar-refractivity contribution < 1.29 is 4.39 Å². The Labute approximate surface area is 155 Å². The molecule has 138 valence electrons. The van der Waals surface area contributed by atoms with E-state index in [9.17, 15) is 4.39 Å². The normalized spacial score (nSPS) is 15.9. The molecule has 8 heteroatoms. The number of aromatic amines is 1. The predicted molar refractivity (Wildman–Crippen MR) is 102 cm³/mol. The Balaban J connectivity index is 1.47. The number of fused-ring (bicyclic) bond motifs is 2. The Kier molecular flexibility index (Phi) is 3.60. The molecule has 0 saturated heterocycles. The van der Waals surface area contributed by atoms with Crippen molar-refractivity contribution in [3.63, 3.8) is 0 Å². The number of alkyl halides is 1. The van der Waals surface area contributed by atoms with Crippen molar-refractivity contribution in [1.29, 1.82) is 0 Å². The first kappa shape index (κ1) is 16.2. The number of nitrogens with one attached hydrogen (secondary N) is 2. The van der Waals surface area contributed by atoms with Gasteiger partial charge in [-0.05, 0) is 43.9 Å². The van der Waals surface area contributed by atoms with E-state index in [1.54, 1.807) is 6.20 Å². The zero-order valence-electron chi connectivity index (χ0n) is 15.0. The van der Waals surface area contributed by atoms with Crippen LogP contribution in [0, 0.1) is 0 Å². The molecular formula is C19H20FN7. The molecule has 1 aromatic carbocycles. The molecule has 4 aromatic rings. The molecule has 0 atom stereocenters. The summed E-state index contributed by atoms with van der Waals surface area (Å²) >= 11 is 0. The number of halogens is 1. The number of anilines is 1. The molecule has 3 heterocycles. The maximum Gasteiger partial charge on any atom is 0.224 e. The second kappa shape index (κ2) is 6.00. The summed E-state index contributed by atoms with van der Waals surface area (Å²) in [6.45, 7) is 3.07. The van der Waals surface area contributed by atoms with Crippen molar-refractivity contribution in [3.05, 3.63) is 30.6 Å². The highest BCUT2D eigenvalue weighted by atomic mass is 19.1. The van der Waals surface area contributed by atoms with Gasteiger partial charge in [0.1, 0.15) is 16.8 Å². The van der Waals surface area contributed by atoms with Crippen molar-refractivity contribution in [2.75, 3.05) is 11.9 Å². The first-order valence-corrected chi connectivity index (χ1v) is 9.26. The minimum atomic E-state index is -1.11. The Morgan fingerprint density at radius 2 is 2.22 bits per heavy atom. The summed E-state index contributed by atoms with van der Waals surface area (Å²) in [5, 5.41) is 12.3. The highest BCUT2D eigenvalue weighted by molar-refractivity contribution is 5.95. The van der Waals surface area contributed by atoms with Crippen molar-refractivity contribution in [2.24, 2.45) is 0 Å². The Morgan fingerprint density at radius 1 is 1.33 bits per heavy atom. The quantitative estimate of drug-likeness (QED) is 0.563. The molecule has 0 unspecified atom stereocenters. The van der Waals surface area contributed by atoms with Crippen LogP contribution in [0.2, 0.25) is 0 Å². The fourth-order valence-electron chi connectivity index (χ4n) is 3.57. The van der Waals surface area contributed by atoms with Crippen LogP contribution in [0.1, 0.15) is 26.2 Å². The maximum atomic E-state index is 14.2. The topological polar surface area (TPSA) is 84.3 Å². The molecule has 0 spiro atoms. The molecule has 0 radical (unpaired) electrons. The minimum absolute atomic E-state index is 0.261. The Bertz CT molecular complexity index is 1130. The molecular weight excluding hydrogens is 345 g/mol. The zero-order chi connectivity index (χ0) is 18.4. The van der Waals surface area contributed by atoms with Gasteiger partial charge in [-0.15, -0.1) is 5.10 Å². The minimum Gasteiger partial charge on any atom is -0.351 e. The van der Waals surface area contributed by atoms with E-state index in [4.69, 9.17) is 0 Å². The van der Waals surface area contributed by atoms with E-state index in [2.05, 4.69) is 36.6 Å². The average molecular weight is 365 g/mol. The van der Waals surface area contributed by atoms with Crippen LogP contribution in [-0.2, 0) is 6.54 Å². The molecule has 3 aromatic heterocycles. The second-order valence-corrected chi connectivity index (χ2v) is 7.12. The van der Waals surface area contributed by atoms with Crippen molar-refractivity contribution in [1.82, 2.24) is 29.9 Å². The van der Waals surface area contributed by atoms with E-state index in [0.717, 1.165) is 46.2 Å². The van der Waals surface area contributed by atoms with Gasteiger partial charge >= 0.3 is 0 Å². The van der Waals surface area contributed by atoms with Gasteiger partial charge in [0.25, 0.3) is 0 Å². The highest BCUT2D eigenvalue weighted by Gasteiger charge is 2.36. The Hall–Kier alpha value is -3.03. The number of H-pyrrole nitrogens is 1. The van der Waals surface area contributed by atoms with E-state index in [-0.39, 0.29) is 6.54 Å². The number of hydrogen-bond donors (Lipinski definition) is 2. The summed E-state index contributed by atoms with van der Waals surface area (Å²) in [5.74, 6) is 0.448. The fourth-order valence-corrected chi connectivity index (χ4v) is 3.57. The van der Waals surface area contributed by atoms with Crippen LogP contribution in [-0.4, -0.2) is 42.2 Å². The van der Waals surface area contributed by atoms with Crippen LogP contribution in [0.4, 0.5) is 10.3 Å². The van der Waals surface area contributed by atoms with Crippen LogP contribution >= 0.6 is 0 Å². The number of aryl methyl sites for hydroxylation is 1. The molecule has 1 aliphatic rings. The van der Waals surface area contributed by atoms with Crippen LogP contribution in [0.25, 0.3) is 33.2 Å². The molecule has 2 N–H and O–H groups in total. The lowest BCUT2D eigenvalue weighted by molar-refractivity contribution is 0.0782. The largest absolute Gasteiger partial charge is 0.351 e.